The van der Waals surface area contributed by atoms with Crippen molar-refractivity contribution in [3.63, 3.8) is 0 Å². The lowest BCUT2D eigenvalue weighted by Gasteiger charge is -2.14. The van der Waals surface area contributed by atoms with Crippen LogP contribution in [-0.4, -0.2) is 34.2 Å². The fourth-order valence-electron chi connectivity index (χ4n) is 3.40. The number of anilines is 1. The van der Waals surface area contributed by atoms with Crippen molar-refractivity contribution in [1.82, 2.24) is 9.97 Å². The maximum absolute atomic E-state index is 14.8. The zero-order valence-corrected chi connectivity index (χ0v) is 15.2. The van der Waals surface area contributed by atoms with Gasteiger partial charge in [0, 0.05) is 53.3 Å². The van der Waals surface area contributed by atoms with E-state index in [1.807, 2.05) is 18.2 Å². The van der Waals surface area contributed by atoms with E-state index in [1.54, 1.807) is 18.6 Å². The van der Waals surface area contributed by atoms with Gasteiger partial charge in [-0.2, -0.15) is 0 Å². The van der Waals surface area contributed by atoms with Crippen molar-refractivity contribution in [3.8, 4) is 16.9 Å². The molecule has 0 aliphatic carbocycles. The fraction of sp³-hybridized carbons (Fsp3) is 0.190. The van der Waals surface area contributed by atoms with Gasteiger partial charge in [-0.25, -0.2) is 18.6 Å². The summed E-state index contributed by atoms with van der Waals surface area (Å²) in [6, 6.07) is 7.87. The molecule has 0 saturated heterocycles. The first-order valence-corrected chi connectivity index (χ1v) is 8.98. The summed E-state index contributed by atoms with van der Waals surface area (Å²) in [7, 11) is 0. The lowest BCUT2D eigenvalue weighted by Crippen LogP contribution is -2.13. The van der Waals surface area contributed by atoms with E-state index in [1.165, 1.54) is 0 Å². The SMILES string of the molecule is O=C(O)COc1ccc(F)c(CC2CNc3ncc(-c4cccnc4)cc32)c1F. The lowest BCUT2D eigenvalue weighted by molar-refractivity contribution is -0.139. The third kappa shape index (κ3) is 3.87. The summed E-state index contributed by atoms with van der Waals surface area (Å²) >= 11 is 0. The summed E-state index contributed by atoms with van der Waals surface area (Å²) < 4.78 is 34.0. The fourth-order valence-corrected chi connectivity index (χ4v) is 3.40. The molecule has 0 bridgehead atoms. The van der Waals surface area contributed by atoms with Gasteiger partial charge >= 0.3 is 5.97 Å². The summed E-state index contributed by atoms with van der Waals surface area (Å²) in [5.41, 5.74) is 2.49. The molecule has 0 fully saturated rings. The maximum atomic E-state index is 14.8. The van der Waals surface area contributed by atoms with Crippen molar-refractivity contribution in [2.24, 2.45) is 0 Å². The van der Waals surface area contributed by atoms with E-state index in [-0.39, 0.29) is 23.7 Å². The van der Waals surface area contributed by atoms with E-state index in [4.69, 9.17) is 9.84 Å². The number of rotatable bonds is 6. The van der Waals surface area contributed by atoms with Gasteiger partial charge in [0.05, 0.1) is 0 Å². The second-order valence-electron chi connectivity index (χ2n) is 6.71. The van der Waals surface area contributed by atoms with Crippen molar-refractivity contribution in [1.29, 1.82) is 0 Å². The number of aliphatic carboxylic acids is 1. The first kappa shape index (κ1) is 18.8. The summed E-state index contributed by atoms with van der Waals surface area (Å²) in [5.74, 6) is -2.61. The molecule has 0 radical (unpaired) electrons. The highest BCUT2D eigenvalue weighted by atomic mass is 19.1. The largest absolute Gasteiger partial charge is 0.479 e. The number of ether oxygens (including phenoxy) is 1. The number of aromatic nitrogens is 2. The summed E-state index contributed by atoms with van der Waals surface area (Å²) in [6.45, 7) is -0.216. The van der Waals surface area contributed by atoms with Crippen LogP contribution in [-0.2, 0) is 11.2 Å². The topological polar surface area (TPSA) is 84.3 Å². The predicted molar refractivity (Wildman–Crippen MR) is 102 cm³/mol. The first-order valence-electron chi connectivity index (χ1n) is 8.98. The van der Waals surface area contributed by atoms with Crippen molar-refractivity contribution < 1.29 is 23.4 Å². The number of fused-ring (bicyclic) bond motifs is 1. The Morgan fingerprint density at radius 1 is 1.24 bits per heavy atom. The van der Waals surface area contributed by atoms with Crippen LogP contribution in [0.15, 0.2) is 48.9 Å². The van der Waals surface area contributed by atoms with Gasteiger partial charge in [0.15, 0.2) is 18.2 Å². The van der Waals surface area contributed by atoms with E-state index in [0.29, 0.717) is 12.4 Å². The van der Waals surface area contributed by atoms with Crippen LogP contribution in [0, 0.1) is 11.6 Å². The highest BCUT2D eigenvalue weighted by molar-refractivity contribution is 5.68. The number of benzene rings is 1. The number of carbonyl (C=O) groups is 1. The lowest BCUT2D eigenvalue weighted by atomic mass is 9.92. The molecule has 3 heterocycles. The normalized spacial score (nSPS) is 14.9. The number of carboxylic acid groups (broad SMARTS) is 1. The number of nitrogens with zero attached hydrogens (tertiary/aromatic N) is 2. The molecule has 1 aliphatic heterocycles. The smallest absolute Gasteiger partial charge is 0.341 e. The molecule has 2 N–H and O–H groups in total. The Labute approximate surface area is 165 Å². The molecule has 0 saturated carbocycles. The van der Waals surface area contributed by atoms with Gasteiger partial charge in [-0.15, -0.1) is 0 Å². The standard InChI is InChI=1S/C21H17F2N3O3/c22-17-3-4-18(29-11-19(27)28)20(23)16(17)7-14-10-26-21-15(14)6-13(9-25-21)12-2-1-5-24-8-12/h1-6,8-9,14H,7,10-11H2,(H,25,26)(H,27,28). The summed E-state index contributed by atoms with van der Waals surface area (Å²) in [6.07, 6.45) is 5.22. The zero-order chi connectivity index (χ0) is 20.4. The number of nitrogens with one attached hydrogen (secondary N) is 1. The van der Waals surface area contributed by atoms with E-state index in [9.17, 15) is 13.6 Å². The van der Waals surface area contributed by atoms with Crippen molar-refractivity contribution >= 4 is 11.8 Å². The first-order chi connectivity index (χ1) is 14.0. The predicted octanol–water partition coefficient (Wildman–Crippen LogP) is 3.64. The molecule has 29 heavy (non-hydrogen) atoms. The van der Waals surface area contributed by atoms with Crippen LogP contribution in [0.25, 0.3) is 11.1 Å². The van der Waals surface area contributed by atoms with Gasteiger partial charge in [-0.1, -0.05) is 6.07 Å². The Balaban J connectivity index is 1.63. The molecular formula is C21H17F2N3O3. The minimum atomic E-state index is -1.24. The second kappa shape index (κ2) is 7.83. The van der Waals surface area contributed by atoms with Crippen LogP contribution >= 0.6 is 0 Å². The number of hydrogen-bond donors (Lipinski definition) is 2. The summed E-state index contributed by atoms with van der Waals surface area (Å²) in [5, 5.41) is 11.9. The van der Waals surface area contributed by atoms with Gasteiger partial charge in [0.2, 0.25) is 0 Å². The third-order valence-corrected chi connectivity index (χ3v) is 4.82. The maximum Gasteiger partial charge on any atom is 0.341 e. The third-order valence-electron chi connectivity index (χ3n) is 4.82. The van der Waals surface area contributed by atoms with Crippen LogP contribution in [0.3, 0.4) is 0 Å². The van der Waals surface area contributed by atoms with E-state index in [2.05, 4.69) is 15.3 Å². The van der Waals surface area contributed by atoms with Crippen LogP contribution in [0.1, 0.15) is 17.0 Å². The number of pyridine rings is 2. The Bertz CT molecular complexity index is 1060. The number of halogens is 2. The second-order valence-corrected chi connectivity index (χ2v) is 6.71. The Kier molecular flexibility index (Phi) is 5.07. The molecule has 4 rings (SSSR count). The molecule has 8 heteroatoms. The van der Waals surface area contributed by atoms with Gasteiger partial charge < -0.3 is 15.2 Å². The van der Waals surface area contributed by atoms with E-state index in [0.717, 1.165) is 28.8 Å². The summed E-state index contributed by atoms with van der Waals surface area (Å²) in [4.78, 5) is 19.2. The quantitative estimate of drug-likeness (QED) is 0.661. The Hall–Kier alpha value is -3.55. The van der Waals surface area contributed by atoms with Gasteiger partial charge in [0.1, 0.15) is 11.6 Å². The van der Waals surface area contributed by atoms with Crippen LogP contribution < -0.4 is 10.1 Å². The molecule has 1 aliphatic rings. The molecule has 1 aromatic carbocycles. The molecule has 6 nitrogen and oxygen atoms in total. The van der Waals surface area contributed by atoms with Crippen molar-refractivity contribution in [2.45, 2.75) is 12.3 Å². The molecular weight excluding hydrogens is 380 g/mol. The van der Waals surface area contributed by atoms with Crippen molar-refractivity contribution in [2.75, 3.05) is 18.5 Å². The minimum Gasteiger partial charge on any atom is -0.479 e. The molecule has 1 unspecified atom stereocenters. The molecule has 1 atom stereocenters. The average Bonchev–Trinajstić information content (AvgIpc) is 3.13. The van der Waals surface area contributed by atoms with Crippen LogP contribution in [0.5, 0.6) is 5.75 Å². The minimum absolute atomic E-state index is 0.0834. The van der Waals surface area contributed by atoms with Gasteiger partial charge in [-0.3, -0.25) is 4.98 Å². The highest BCUT2D eigenvalue weighted by Crippen LogP contribution is 2.36. The molecule has 0 spiro atoms. The zero-order valence-electron chi connectivity index (χ0n) is 15.2. The van der Waals surface area contributed by atoms with Gasteiger partial charge in [-0.05, 0) is 30.7 Å². The van der Waals surface area contributed by atoms with Gasteiger partial charge in [0.25, 0.3) is 0 Å². The molecule has 3 aromatic rings. The van der Waals surface area contributed by atoms with Crippen LogP contribution in [0.4, 0.5) is 14.6 Å². The number of hydrogen-bond acceptors (Lipinski definition) is 5. The van der Waals surface area contributed by atoms with Crippen molar-refractivity contribution in [3.05, 3.63) is 71.7 Å². The molecule has 148 valence electrons. The monoisotopic (exact) mass is 397 g/mol. The number of carboxylic acids is 1. The molecule has 0 amide bonds. The average molecular weight is 397 g/mol. The molecule has 2 aromatic heterocycles. The Morgan fingerprint density at radius 2 is 2.10 bits per heavy atom. The van der Waals surface area contributed by atoms with Crippen LogP contribution in [0.2, 0.25) is 0 Å². The highest BCUT2D eigenvalue weighted by Gasteiger charge is 2.27. The van der Waals surface area contributed by atoms with E-state index < -0.39 is 24.2 Å². The van der Waals surface area contributed by atoms with E-state index >= 15 is 0 Å². The Morgan fingerprint density at radius 3 is 2.86 bits per heavy atom.